The Kier molecular flexibility index (Phi) is 59.8. The summed E-state index contributed by atoms with van der Waals surface area (Å²) in [5.41, 5.74) is 0. The normalized spacial score (nSPS) is 13.6. The number of hydrogen-bond acceptors (Lipinski definition) is 3. The molecule has 0 aliphatic carbocycles. The standard InChI is InChI=1S/C68H119NO3/c1-3-5-7-9-11-13-15-17-19-21-23-25-27-29-30-31-32-33-34-35-36-37-38-40-42-44-46-48-50-52-54-56-58-60-62-64-68(72)69-66(65-70)67(71)63-61-59-57-55-53-51-49-47-45-43-41-39-28-26-24-22-20-18-16-14-12-10-8-6-4-2/h5,7,11,13,17,19,23,25,29-30,32-33,35-36,38,40,44,46,66-67,70-71H,3-4,6,8-10,12,14-16,18,20-22,24,26-28,31,34,37,39,41-43,45,47-65H2,1-2H3,(H,69,72)/b7-5-,13-11-,19-17-,25-23-,30-29-,33-32-,36-35-,40-38-,46-44-. The number of aliphatic hydroxyl groups is 2. The van der Waals surface area contributed by atoms with Crippen LogP contribution in [0.5, 0.6) is 0 Å². The van der Waals surface area contributed by atoms with Gasteiger partial charge in [-0.05, 0) is 83.5 Å². The number of carbonyl (C=O) groups excluding carboxylic acids is 1. The Balaban J connectivity index is 3.56. The number of nitrogens with one attached hydrogen (secondary N) is 1. The van der Waals surface area contributed by atoms with Crippen molar-refractivity contribution in [3.8, 4) is 0 Å². The lowest BCUT2D eigenvalue weighted by atomic mass is 10.0. The van der Waals surface area contributed by atoms with E-state index in [1.807, 2.05) is 0 Å². The highest BCUT2D eigenvalue weighted by Gasteiger charge is 2.20. The van der Waals surface area contributed by atoms with Crippen molar-refractivity contribution in [3.05, 3.63) is 109 Å². The molecule has 3 N–H and O–H groups in total. The Hall–Kier alpha value is -2.95. The second-order valence-corrected chi connectivity index (χ2v) is 20.7. The van der Waals surface area contributed by atoms with Gasteiger partial charge >= 0.3 is 0 Å². The minimum absolute atomic E-state index is 0.0437. The fourth-order valence-corrected chi connectivity index (χ4v) is 9.12. The molecule has 0 aromatic carbocycles. The van der Waals surface area contributed by atoms with Gasteiger partial charge in [-0.25, -0.2) is 0 Å². The number of unbranched alkanes of at least 4 members (excludes halogenated alkanes) is 31. The Morgan fingerprint density at radius 3 is 0.917 bits per heavy atom. The summed E-state index contributed by atoms with van der Waals surface area (Å²) < 4.78 is 0. The van der Waals surface area contributed by atoms with Crippen molar-refractivity contribution in [2.24, 2.45) is 0 Å². The van der Waals surface area contributed by atoms with Crippen LogP contribution >= 0.6 is 0 Å². The third-order valence-corrected chi connectivity index (χ3v) is 13.8. The molecule has 1 amide bonds. The van der Waals surface area contributed by atoms with E-state index in [4.69, 9.17) is 0 Å². The second kappa shape index (κ2) is 62.3. The Morgan fingerprint density at radius 1 is 0.347 bits per heavy atom. The first kappa shape index (κ1) is 69.0. The van der Waals surface area contributed by atoms with Gasteiger partial charge in [0, 0.05) is 6.42 Å². The zero-order valence-electron chi connectivity index (χ0n) is 47.7. The molecule has 0 saturated carbocycles. The number of hydrogen-bond donors (Lipinski definition) is 3. The van der Waals surface area contributed by atoms with Crippen molar-refractivity contribution < 1.29 is 15.0 Å². The molecule has 4 nitrogen and oxygen atoms in total. The highest BCUT2D eigenvalue weighted by Crippen LogP contribution is 2.17. The van der Waals surface area contributed by atoms with E-state index in [-0.39, 0.29) is 12.5 Å². The van der Waals surface area contributed by atoms with Gasteiger partial charge in [0.15, 0.2) is 0 Å². The van der Waals surface area contributed by atoms with E-state index in [1.54, 1.807) is 0 Å². The lowest BCUT2D eigenvalue weighted by molar-refractivity contribution is -0.123. The van der Waals surface area contributed by atoms with Crippen molar-refractivity contribution in [1.29, 1.82) is 0 Å². The summed E-state index contributed by atoms with van der Waals surface area (Å²) in [4.78, 5) is 12.5. The molecule has 2 unspecified atom stereocenters. The predicted molar refractivity (Wildman–Crippen MR) is 322 cm³/mol. The largest absolute Gasteiger partial charge is 0.394 e. The summed E-state index contributed by atoms with van der Waals surface area (Å²) in [5.74, 6) is -0.0437. The number of carbonyl (C=O) groups is 1. The van der Waals surface area contributed by atoms with Crippen molar-refractivity contribution in [2.45, 2.75) is 309 Å². The molecule has 0 spiro atoms. The van der Waals surface area contributed by atoms with Crippen LogP contribution in [-0.2, 0) is 4.79 Å². The van der Waals surface area contributed by atoms with E-state index in [1.165, 1.54) is 173 Å². The van der Waals surface area contributed by atoms with Gasteiger partial charge in [0.1, 0.15) is 0 Å². The molecule has 0 aliphatic heterocycles. The molecule has 0 radical (unpaired) electrons. The monoisotopic (exact) mass is 998 g/mol. The first-order valence-corrected chi connectivity index (χ1v) is 31.1. The van der Waals surface area contributed by atoms with Crippen molar-refractivity contribution in [3.63, 3.8) is 0 Å². The van der Waals surface area contributed by atoms with E-state index >= 15 is 0 Å². The number of allylic oxidation sites excluding steroid dienone is 18. The fraction of sp³-hybridized carbons (Fsp3) is 0.721. The first-order chi connectivity index (χ1) is 35.7. The number of aliphatic hydroxyl groups excluding tert-OH is 2. The maximum absolute atomic E-state index is 12.5. The van der Waals surface area contributed by atoms with Crippen LogP contribution < -0.4 is 5.32 Å². The predicted octanol–water partition coefficient (Wildman–Crippen LogP) is 21.0. The molecule has 72 heavy (non-hydrogen) atoms. The molecule has 0 aromatic rings. The van der Waals surface area contributed by atoms with Gasteiger partial charge in [-0.3, -0.25) is 4.79 Å². The van der Waals surface area contributed by atoms with E-state index in [2.05, 4.69) is 129 Å². The van der Waals surface area contributed by atoms with Crippen LogP contribution in [0, 0.1) is 0 Å². The Morgan fingerprint density at radius 2 is 0.611 bits per heavy atom. The van der Waals surface area contributed by atoms with Crippen LogP contribution in [0.1, 0.15) is 296 Å². The average Bonchev–Trinajstić information content (AvgIpc) is 3.39. The Labute approximate surface area is 448 Å². The van der Waals surface area contributed by atoms with Crippen LogP contribution in [0.3, 0.4) is 0 Å². The molecular weight excluding hydrogens is 879 g/mol. The topological polar surface area (TPSA) is 69.6 Å². The van der Waals surface area contributed by atoms with Crippen molar-refractivity contribution >= 4 is 5.91 Å². The van der Waals surface area contributed by atoms with Gasteiger partial charge in [-0.2, -0.15) is 0 Å². The van der Waals surface area contributed by atoms with E-state index < -0.39 is 12.1 Å². The van der Waals surface area contributed by atoms with E-state index in [0.29, 0.717) is 12.8 Å². The fourth-order valence-electron chi connectivity index (χ4n) is 9.12. The molecule has 2 atom stereocenters. The Bertz CT molecular complexity index is 1360. The van der Waals surface area contributed by atoms with Gasteiger partial charge < -0.3 is 15.5 Å². The molecule has 0 bridgehead atoms. The molecule has 4 heteroatoms. The van der Waals surface area contributed by atoms with Gasteiger partial charge in [0.2, 0.25) is 5.91 Å². The number of amides is 1. The summed E-state index contributed by atoms with van der Waals surface area (Å²) >= 11 is 0. The summed E-state index contributed by atoms with van der Waals surface area (Å²) in [6.07, 6.45) is 93.7. The van der Waals surface area contributed by atoms with Crippen LogP contribution in [0.2, 0.25) is 0 Å². The first-order valence-electron chi connectivity index (χ1n) is 31.1. The highest BCUT2D eigenvalue weighted by atomic mass is 16.3. The van der Waals surface area contributed by atoms with Crippen molar-refractivity contribution in [1.82, 2.24) is 5.32 Å². The summed E-state index contributed by atoms with van der Waals surface area (Å²) in [7, 11) is 0. The maximum Gasteiger partial charge on any atom is 0.220 e. The average molecular weight is 999 g/mol. The molecule has 414 valence electrons. The minimum atomic E-state index is -0.673. The zero-order chi connectivity index (χ0) is 52.0. The van der Waals surface area contributed by atoms with Crippen LogP contribution in [0.15, 0.2) is 109 Å². The quantitative estimate of drug-likeness (QED) is 0.0420. The van der Waals surface area contributed by atoms with Gasteiger partial charge in [0.25, 0.3) is 0 Å². The van der Waals surface area contributed by atoms with Crippen LogP contribution in [0.4, 0.5) is 0 Å². The van der Waals surface area contributed by atoms with Gasteiger partial charge in [0.05, 0.1) is 18.8 Å². The smallest absolute Gasteiger partial charge is 0.220 e. The van der Waals surface area contributed by atoms with Crippen LogP contribution in [0.25, 0.3) is 0 Å². The third kappa shape index (κ3) is 57.9. The molecule has 0 fully saturated rings. The molecule has 0 aliphatic rings. The lowest BCUT2D eigenvalue weighted by Crippen LogP contribution is -2.45. The molecule has 0 saturated heterocycles. The van der Waals surface area contributed by atoms with Gasteiger partial charge in [-0.1, -0.05) is 316 Å². The minimum Gasteiger partial charge on any atom is -0.394 e. The molecule has 0 rings (SSSR count). The lowest BCUT2D eigenvalue weighted by Gasteiger charge is -2.22. The molecular formula is C68H119NO3. The molecule has 0 heterocycles. The van der Waals surface area contributed by atoms with E-state index in [9.17, 15) is 15.0 Å². The summed E-state index contributed by atoms with van der Waals surface area (Å²) in [6, 6.07) is -0.552. The van der Waals surface area contributed by atoms with Gasteiger partial charge in [-0.15, -0.1) is 0 Å². The second-order valence-electron chi connectivity index (χ2n) is 20.7. The SMILES string of the molecule is CC/C=C\C/C=C\C/C=C\C/C=C\C/C=C\C/C=C\C/C=C\C/C=C\C/C=C\CCCCCCCCCC(=O)NC(CO)C(O)CCCCCCCCCCCCCCCCCCCCCCCCCCC. The maximum atomic E-state index is 12.5. The summed E-state index contributed by atoms with van der Waals surface area (Å²) in [6.45, 7) is 4.26. The van der Waals surface area contributed by atoms with E-state index in [0.717, 1.165) is 96.3 Å². The number of rotatable bonds is 56. The zero-order valence-corrected chi connectivity index (χ0v) is 47.7. The van der Waals surface area contributed by atoms with Crippen molar-refractivity contribution in [2.75, 3.05) is 6.61 Å². The van der Waals surface area contributed by atoms with Crippen LogP contribution in [-0.4, -0.2) is 34.9 Å². The molecule has 0 aromatic heterocycles. The third-order valence-electron chi connectivity index (χ3n) is 13.8. The highest BCUT2D eigenvalue weighted by molar-refractivity contribution is 5.76. The summed E-state index contributed by atoms with van der Waals surface area (Å²) in [5, 5.41) is 23.4.